The third-order valence-corrected chi connectivity index (χ3v) is 3.49. The molecule has 1 heterocycles. The van der Waals surface area contributed by atoms with Crippen molar-refractivity contribution in [1.82, 2.24) is 9.80 Å². The highest BCUT2D eigenvalue weighted by Gasteiger charge is 2.31. The summed E-state index contributed by atoms with van der Waals surface area (Å²) in [7, 11) is 0. The van der Waals surface area contributed by atoms with Crippen molar-refractivity contribution in [3.8, 4) is 5.75 Å². The standard InChI is InChI=1S/C15H20N2O3/c1-3-16-8-9-17(15(19)14(16)18)10-11-20-13-7-5-4-6-12(13)2/h4-7H,3,8-11H2,1-2H3. The molecule has 0 unspecified atom stereocenters. The van der Waals surface area contributed by atoms with Gasteiger partial charge in [-0.2, -0.15) is 0 Å². The summed E-state index contributed by atoms with van der Waals surface area (Å²) in [5, 5.41) is 0. The lowest BCUT2D eigenvalue weighted by Gasteiger charge is -2.33. The van der Waals surface area contributed by atoms with E-state index in [2.05, 4.69) is 0 Å². The highest BCUT2D eigenvalue weighted by atomic mass is 16.5. The van der Waals surface area contributed by atoms with Crippen LogP contribution >= 0.6 is 0 Å². The Morgan fingerprint density at radius 2 is 1.75 bits per heavy atom. The Labute approximate surface area is 119 Å². The molecule has 5 nitrogen and oxygen atoms in total. The van der Waals surface area contributed by atoms with Crippen molar-refractivity contribution >= 4 is 11.8 Å². The number of carbonyl (C=O) groups is 2. The van der Waals surface area contributed by atoms with Gasteiger partial charge in [-0.05, 0) is 25.5 Å². The van der Waals surface area contributed by atoms with Gasteiger partial charge in [-0.1, -0.05) is 18.2 Å². The van der Waals surface area contributed by atoms with Crippen molar-refractivity contribution in [1.29, 1.82) is 0 Å². The second-order valence-electron chi connectivity index (χ2n) is 4.79. The Kier molecular flexibility index (Phi) is 4.61. The van der Waals surface area contributed by atoms with Gasteiger partial charge in [0.05, 0.1) is 6.54 Å². The SMILES string of the molecule is CCN1CCN(CCOc2ccccc2C)C(=O)C1=O. The number of aryl methyl sites for hydroxylation is 1. The van der Waals surface area contributed by atoms with E-state index in [4.69, 9.17) is 4.74 Å². The molecular formula is C15H20N2O3. The second-order valence-corrected chi connectivity index (χ2v) is 4.79. The smallest absolute Gasteiger partial charge is 0.312 e. The van der Waals surface area contributed by atoms with E-state index >= 15 is 0 Å². The molecule has 108 valence electrons. The first-order chi connectivity index (χ1) is 9.63. The van der Waals surface area contributed by atoms with Gasteiger partial charge in [0, 0.05) is 19.6 Å². The largest absolute Gasteiger partial charge is 0.491 e. The predicted molar refractivity (Wildman–Crippen MR) is 75.5 cm³/mol. The quantitative estimate of drug-likeness (QED) is 0.756. The molecule has 5 heteroatoms. The molecule has 2 amide bonds. The molecule has 0 aliphatic carbocycles. The summed E-state index contributed by atoms with van der Waals surface area (Å²) in [6.07, 6.45) is 0. The molecule has 0 saturated carbocycles. The minimum atomic E-state index is -0.425. The Balaban J connectivity index is 1.85. The van der Waals surface area contributed by atoms with Crippen LogP contribution < -0.4 is 4.74 Å². The van der Waals surface area contributed by atoms with Crippen LogP contribution in [0.1, 0.15) is 12.5 Å². The molecule has 0 aromatic heterocycles. The molecule has 0 N–H and O–H groups in total. The van der Waals surface area contributed by atoms with Gasteiger partial charge in [0.15, 0.2) is 0 Å². The highest BCUT2D eigenvalue weighted by Crippen LogP contribution is 2.16. The number of hydrogen-bond donors (Lipinski definition) is 0. The Bertz CT molecular complexity index is 502. The molecule has 1 aromatic carbocycles. The summed E-state index contributed by atoms with van der Waals surface area (Å²) >= 11 is 0. The van der Waals surface area contributed by atoms with Gasteiger partial charge < -0.3 is 14.5 Å². The van der Waals surface area contributed by atoms with Crippen LogP contribution in [0.2, 0.25) is 0 Å². The van der Waals surface area contributed by atoms with Gasteiger partial charge >= 0.3 is 11.8 Å². The molecule has 1 aromatic rings. The zero-order chi connectivity index (χ0) is 14.5. The lowest BCUT2D eigenvalue weighted by atomic mass is 10.2. The summed E-state index contributed by atoms with van der Waals surface area (Å²) in [6, 6.07) is 7.74. The third kappa shape index (κ3) is 3.10. The topological polar surface area (TPSA) is 49.9 Å². The molecule has 20 heavy (non-hydrogen) atoms. The van der Waals surface area contributed by atoms with Crippen LogP contribution in [-0.4, -0.2) is 54.4 Å². The number of piperazine rings is 1. The molecule has 1 aliphatic heterocycles. The maximum Gasteiger partial charge on any atom is 0.312 e. The van der Waals surface area contributed by atoms with Crippen LogP contribution in [0, 0.1) is 6.92 Å². The molecule has 0 radical (unpaired) electrons. The first kappa shape index (κ1) is 14.4. The molecule has 0 bridgehead atoms. The Morgan fingerprint density at radius 1 is 1.10 bits per heavy atom. The molecule has 1 saturated heterocycles. The molecular weight excluding hydrogens is 256 g/mol. The van der Waals surface area contributed by atoms with E-state index in [1.54, 1.807) is 9.80 Å². The van der Waals surface area contributed by atoms with Crippen molar-refractivity contribution < 1.29 is 14.3 Å². The minimum absolute atomic E-state index is 0.399. The van der Waals surface area contributed by atoms with Crippen LogP contribution in [0.3, 0.4) is 0 Å². The zero-order valence-electron chi connectivity index (χ0n) is 12.0. The number of benzene rings is 1. The summed E-state index contributed by atoms with van der Waals surface area (Å²) < 4.78 is 5.66. The lowest BCUT2D eigenvalue weighted by molar-refractivity contribution is -0.156. The maximum atomic E-state index is 11.9. The number of amides is 2. The molecule has 0 spiro atoms. The van der Waals surface area contributed by atoms with E-state index in [1.807, 2.05) is 38.1 Å². The average molecular weight is 276 g/mol. The van der Waals surface area contributed by atoms with E-state index in [0.717, 1.165) is 11.3 Å². The average Bonchev–Trinajstić information content (AvgIpc) is 2.46. The molecule has 0 atom stereocenters. The molecule has 1 fully saturated rings. The number of rotatable bonds is 5. The van der Waals surface area contributed by atoms with Crippen molar-refractivity contribution in [2.24, 2.45) is 0 Å². The first-order valence-electron chi connectivity index (χ1n) is 6.90. The highest BCUT2D eigenvalue weighted by molar-refractivity contribution is 6.35. The van der Waals surface area contributed by atoms with Crippen LogP contribution in [0.5, 0.6) is 5.75 Å². The number of hydrogen-bond acceptors (Lipinski definition) is 3. The summed E-state index contributed by atoms with van der Waals surface area (Å²) in [5.41, 5.74) is 1.06. The van der Waals surface area contributed by atoms with Gasteiger partial charge in [-0.25, -0.2) is 0 Å². The fourth-order valence-corrected chi connectivity index (χ4v) is 2.21. The number of likely N-dealkylation sites (N-methyl/N-ethyl adjacent to an activating group) is 1. The number of para-hydroxylation sites is 1. The Morgan fingerprint density at radius 3 is 2.45 bits per heavy atom. The summed E-state index contributed by atoms with van der Waals surface area (Å²) in [4.78, 5) is 26.8. The number of ether oxygens (including phenoxy) is 1. The Hall–Kier alpha value is -2.04. The summed E-state index contributed by atoms with van der Waals surface area (Å²) in [6.45, 7) is 6.46. The number of nitrogens with zero attached hydrogens (tertiary/aromatic N) is 2. The zero-order valence-corrected chi connectivity index (χ0v) is 12.0. The first-order valence-corrected chi connectivity index (χ1v) is 6.90. The molecule has 1 aliphatic rings. The van der Waals surface area contributed by atoms with Gasteiger partial charge in [0.2, 0.25) is 0 Å². The van der Waals surface area contributed by atoms with E-state index in [1.165, 1.54) is 0 Å². The van der Waals surface area contributed by atoms with Gasteiger partial charge in [0.1, 0.15) is 12.4 Å². The van der Waals surface area contributed by atoms with E-state index in [0.29, 0.717) is 32.8 Å². The monoisotopic (exact) mass is 276 g/mol. The van der Waals surface area contributed by atoms with Gasteiger partial charge in [-0.15, -0.1) is 0 Å². The normalized spacial score (nSPS) is 15.7. The predicted octanol–water partition coefficient (Wildman–Crippen LogP) is 1.06. The van der Waals surface area contributed by atoms with Crippen LogP contribution in [-0.2, 0) is 9.59 Å². The fraction of sp³-hybridized carbons (Fsp3) is 0.467. The van der Waals surface area contributed by atoms with Crippen molar-refractivity contribution in [3.63, 3.8) is 0 Å². The lowest BCUT2D eigenvalue weighted by Crippen LogP contribution is -2.54. The maximum absolute atomic E-state index is 11.9. The van der Waals surface area contributed by atoms with Crippen LogP contribution in [0.25, 0.3) is 0 Å². The van der Waals surface area contributed by atoms with E-state index < -0.39 is 11.8 Å². The summed E-state index contributed by atoms with van der Waals surface area (Å²) in [5.74, 6) is -0.0143. The van der Waals surface area contributed by atoms with Crippen molar-refractivity contribution in [3.05, 3.63) is 29.8 Å². The van der Waals surface area contributed by atoms with Crippen LogP contribution in [0.15, 0.2) is 24.3 Å². The van der Waals surface area contributed by atoms with E-state index in [9.17, 15) is 9.59 Å². The second kappa shape index (κ2) is 6.41. The third-order valence-electron chi connectivity index (χ3n) is 3.49. The van der Waals surface area contributed by atoms with Crippen molar-refractivity contribution in [2.75, 3.05) is 32.8 Å². The molecule has 2 rings (SSSR count). The van der Waals surface area contributed by atoms with E-state index in [-0.39, 0.29) is 0 Å². The number of carbonyl (C=O) groups excluding carboxylic acids is 2. The fourth-order valence-electron chi connectivity index (χ4n) is 2.21. The minimum Gasteiger partial charge on any atom is -0.491 e. The van der Waals surface area contributed by atoms with Crippen LogP contribution in [0.4, 0.5) is 0 Å². The van der Waals surface area contributed by atoms with Gasteiger partial charge in [-0.3, -0.25) is 9.59 Å². The van der Waals surface area contributed by atoms with Crippen molar-refractivity contribution in [2.45, 2.75) is 13.8 Å². The van der Waals surface area contributed by atoms with Gasteiger partial charge in [0.25, 0.3) is 0 Å².